The molecule has 1 fully saturated rings. The molecule has 0 aliphatic carbocycles. The zero-order valence-electron chi connectivity index (χ0n) is 19.1. The molecular formula is C23H40IN5O. The molecule has 1 aliphatic heterocycles. The van der Waals surface area contributed by atoms with Crippen LogP contribution in [0.25, 0.3) is 0 Å². The van der Waals surface area contributed by atoms with Gasteiger partial charge >= 0.3 is 0 Å². The summed E-state index contributed by atoms with van der Waals surface area (Å²) in [6, 6.07) is 8.55. The van der Waals surface area contributed by atoms with Crippen LogP contribution < -0.4 is 15.4 Å². The predicted octanol–water partition coefficient (Wildman–Crippen LogP) is 3.20. The Morgan fingerprint density at radius 2 is 1.90 bits per heavy atom. The highest BCUT2D eigenvalue weighted by Crippen LogP contribution is 2.19. The average Bonchev–Trinajstić information content (AvgIpc) is 2.72. The Hall–Kier alpha value is -1.32. The second-order valence-corrected chi connectivity index (χ2v) is 7.93. The van der Waals surface area contributed by atoms with Crippen LogP contribution in [-0.2, 0) is 6.54 Å². The molecule has 0 saturated carbocycles. The lowest BCUT2D eigenvalue weighted by molar-refractivity contribution is 0.0900. The topological polar surface area (TPSA) is 52.1 Å². The molecule has 1 aliphatic rings. The summed E-state index contributed by atoms with van der Waals surface area (Å²) in [7, 11) is 2.20. The van der Waals surface area contributed by atoms with Gasteiger partial charge in [-0.25, -0.2) is 4.99 Å². The van der Waals surface area contributed by atoms with Gasteiger partial charge in [-0.3, -0.25) is 4.90 Å². The molecule has 1 aromatic carbocycles. The molecule has 2 N–H and O–H groups in total. The van der Waals surface area contributed by atoms with Crippen molar-refractivity contribution in [1.29, 1.82) is 0 Å². The number of benzene rings is 1. The van der Waals surface area contributed by atoms with Gasteiger partial charge in [0.1, 0.15) is 12.4 Å². The molecule has 1 heterocycles. The van der Waals surface area contributed by atoms with Gasteiger partial charge in [-0.1, -0.05) is 44.7 Å². The van der Waals surface area contributed by atoms with Gasteiger partial charge < -0.3 is 20.3 Å². The maximum absolute atomic E-state index is 5.76. The standard InChI is InChI=1S/C23H39N5O.HI/c1-6-16-29-22-11-9-8-10-20(22)17-25-23(24-7-2)26-18-21(19(3)4)28-14-12-27(5)13-15-28;/h6,8-11,19,21H,1,7,12-18H2,2-5H3,(H2,24,25,26);1H. The van der Waals surface area contributed by atoms with Crippen LogP contribution in [0.2, 0.25) is 0 Å². The van der Waals surface area contributed by atoms with Crippen molar-refractivity contribution in [2.24, 2.45) is 10.9 Å². The third-order valence-corrected chi connectivity index (χ3v) is 5.34. The minimum atomic E-state index is 0. The van der Waals surface area contributed by atoms with Crippen LogP contribution in [0, 0.1) is 5.92 Å². The largest absolute Gasteiger partial charge is 0.489 e. The van der Waals surface area contributed by atoms with Crippen LogP contribution in [0.15, 0.2) is 41.9 Å². The Bertz CT molecular complexity index is 644. The second-order valence-electron chi connectivity index (χ2n) is 7.93. The predicted molar refractivity (Wildman–Crippen MR) is 138 cm³/mol. The highest BCUT2D eigenvalue weighted by Gasteiger charge is 2.25. The summed E-state index contributed by atoms with van der Waals surface area (Å²) in [4.78, 5) is 9.82. The van der Waals surface area contributed by atoms with E-state index in [1.807, 2.05) is 18.2 Å². The van der Waals surface area contributed by atoms with Crippen molar-refractivity contribution in [3.63, 3.8) is 0 Å². The average molecular weight is 530 g/mol. The molecule has 0 bridgehead atoms. The van der Waals surface area contributed by atoms with Crippen LogP contribution >= 0.6 is 24.0 Å². The Morgan fingerprint density at radius 3 is 2.53 bits per heavy atom. The van der Waals surface area contributed by atoms with Crippen molar-refractivity contribution >= 4 is 29.9 Å². The van der Waals surface area contributed by atoms with E-state index >= 15 is 0 Å². The van der Waals surface area contributed by atoms with Gasteiger partial charge in [0.25, 0.3) is 0 Å². The van der Waals surface area contributed by atoms with E-state index in [-0.39, 0.29) is 24.0 Å². The normalized spacial score (nSPS) is 16.6. The fraction of sp³-hybridized carbons (Fsp3) is 0.609. The molecule has 0 radical (unpaired) electrons. The second kappa shape index (κ2) is 14.6. The van der Waals surface area contributed by atoms with Crippen molar-refractivity contribution < 1.29 is 4.74 Å². The first kappa shape index (κ1) is 26.7. The molecule has 0 amide bonds. The third-order valence-electron chi connectivity index (χ3n) is 5.34. The number of aliphatic imine (C=N–C) groups is 1. The van der Waals surface area contributed by atoms with Crippen molar-refractivity contribution in [3.8, 4) is 5.75 Å². The molecule has 2 rings (SSSR count). The number of ether oxygens (including phenoxy) is 1. The smallest absolute Gasteiger partial charge is 0.191 e. The lowest BCUT2D eigenvalue weighted by Crippen LogP contribution is -2.55. The molecule has 1 aromatic rings. The minimum absolute atomic E-state index is 0. The number of hydrogen-bond donors (Lipinski definition) is 2. The maximum atomic E-state index is 5.76. The summed E-state index contributed by atoms with van der Waals surface area (Å²) in [5.74, 6) is 2.30. The maximum Gasteiger partial charge on any atom is 0.191 e. The number of likely N-dealkylation sites (N-methyl/N-ethyl adjacent to an activating group) is 1. The zero-order valence-corrected chi connectivity index (χ0v) is 21.4. The highest BCUT2D eigenvalue weighted by molar-refractivity contribution is 14.0. The molecular weight excluding hydrogens is 489 g/mol. The van der Waals surface area contributed by atoms with Gasteiger partial charge in [0.2, 0.25) is 0 Å². The Balaban J connectivity index is 0.00000450. The third kappa shape index (κ3) is 8.81. The lowest BCUT2D eigenvalue weighted by atomic mass is 10.0. The number of nitrogens with one attached hydrogen (secondary N) is 2. The van der Waals surface area contributed by atoms with Crippen LogP contribution in [0.3, 0.4) is 0 Å². The van der Waals surface area contributed by atoms with Gasteiger partial charge in [-0.15, -0.1) is 24.0 Å². The molecule has 7 heteroatoms. The van der Waals surface area contributed by atoms with E-state index in [1.54, 1.807) is 6.08 Å². The van der Waals surface area contributed by atoms with Crippen LogP contribution in [-0.4, -0.2) is 74.7 Å². The minimum Gasteiger partial charge on any atom is -0.489 e. The van der Waals surface area contributed by atoms with Gasteiger partial charge in [0, 0.05) is 50.9 Å². The van der Waals surface area contributed by atoms with Gasteiger partial charge in [-0.05, 0) is 26.0 Å². The van der Waals surface area contributed by atoms with E-state index in [4.69, 9.17) is 9.73 Å². The first-order valence-electron chi connectivity index (χ1n) is 10.8. The number of rotatable bonds is 10. The summed E-state index contributed by atoms with van der Waals surface area (Å²) < 4.78 is 5.76. The Kier molecular flexibility index (Phi) is 13.0. The van der Waals surface area contributed by atoms with E-state index in [1.165, 1.54) is 0 Å². The monoisotopic (exact) mass is 529 g/mol. The van der Waals surface area contributed by atoms with Gasteiger partial charge in [0.15, 0.2) is 5.96 Å². The molecule has 1 atom stereocenters. The summed E-state index contributed by atoms with van der Waals surface area (Å²) in [5.41, 5.74) is 1.08. The fourth-order valence-corrected chi connectivity index (χ4v) is 3.57. The molecule has 1 unspecified atom stereocenters. The highest BCUT2D eigenvalue weighted by atomic mass is 127. The quantitative estimate of drug-likeness (QED) is 0.211. The van der Waals surface area contributed by atoms with Crippen LogP contribution in [0.4, 0.5) is 0 Å². The number of para-hydroxylation sites is 1. The molecule has 0 aromatic heterocycles. The van der Waals surface area contributed by atoms with E-state index in [0.717, 1.165) is 56.5 Å². The van der Waals surface area contributed by atoms with Gasteiger partial charge in [0.05, 0.1) is 6.54 Å². The SMILES string of the molecule is C=CCOc1ccccc1CN=C(NCC)NCC(C(C)C)N1CCN(C)CC1.I. The summed E-state index contributed by atoms with van der Waals surface area (Å²) >= 11 is 0. The Morgan fingerprint density at radius 1 is 1.20 bits per heavy atom. The van der Waals surface area contributed by atoms with Crippen LogP contribution in [0.1, 0.15) is 26.3 Å². The molecule has 0 spiro atoms. The molecule has 170 valence electrons. The number of guanidine groups is 1. The number of piperazine rings is 1. The summed E-state index contributed by atoms with van der Waals surface area (Å²) in [6.45, 7) is 17.8. The fourth-order valence-electron chi connectivity index (χ4n) is 3.57. The lowest BCUT2D eigenvalue weighted by Gasteiger charge is -2.40. The molecule has 6 nitrogen and oxygen atoms in total. The summed E-state index contributed by atoms with van der Waals surface area (Å²) in [6.07, 6.45) is 1.76. The number of nitrogens with zero attached hydrogens (tertiary/aromatic N) is 3. The Labute approximate surface area is 200 Å². The first-order valence-corrected chi connectivity index (χ1v) is 10.8. The number of halogens is 1. The van der Waals surface area contributed by atoms with E-state index < -0.39 is 0 Å². The summed E-state index contributed by atoms with van der Waals surface area (Å²) in [5, 5.41) is 6.95. The van der Waals surface area contributed by atoms with Crippen molar-refractivity contribution in [2.45, 2.75) is 33.4 Å². The van der Waals surface area contributed by atoms with Crippen molar-refractivity contribution in [2.75, 3.05) is 52.9 Å². The van der Waals surface area contributed by atoms with Crippen molar-refractivity contribution in [3.05, 3.63) is 42.5 Å². The number of hydrogen-bond acceptors (Lipinski definition) is 4. The van der Waals surface area contributed by atoms with E-state index in [2.05, 4.69) is 60.9 Å². The van der Waals surface area contributed by atoms with E-state index in [9.17, 15) is 0 Å². The molecule has 30 heavy (non-hydrogen) atoms. The van der Waals surface area contributed by atoms with E-state index in [0.29, 0.717) is 25.1 Å². The van der Waals surface area contributed by atoms with Gasteiger partial charge in [-0.2, -0.15) is 0 Å². The zero-order chi connectivity index (χ0) is 21.1. The molecule has 1 saturated heterocycles. The first-order chi connectivity index (χ1) is 14.0. The van der Waals surface area contributed by atoms with Crippen LogP contribution in [0.5, 0.6) is 5.75 Å². The van der Waals surface area contributed by atoms with Crippen molar-refractivity contribution in [1.82, 2.24) is 20.4 Å².